The van der Waals surface area contributed by atoms with Gasteiger partial charge in [-0.2, -0.15) is 0 Å². The van der Waals surface area contributed by atoms with Crippen LogP contribution < -0.4 is 9.64 Å². The number of halogens is 1. The highest BCUT2D eigenvalue weighted by Crippen LogP contribution is 2.23. The zero-order valence-corrected chi connectivity index (χ0v) is 14.9. The fourth-order valence-electron chi connectivity index (χ4n) is 3.31. The summed E-state index contributed by atoms with van der Waals surface area (Å²) in [6.45, 7) is 4.53. The third-order valence-corrected chi connectivity index (χ3v) is 4.91. The van der Waals surface area contributed by atoms with Crippen LogP contribution in [0.2, 0.25) is 0 Å². The molecule has 0 aromatic carbocycles. The second-order valence-corrected chi connectivity index (χ2v) is 7.19. The van der Waals surface area contributed by atoms with Gasteiger partial charge in [-0.3, -0.25) is 4.79 Å². The lowest BCUT2D eigenvalue weighted by Crippen LogP contribution is -2.50. The second kappa shape index (κ2) is 8.01. The number of amides is 1. The van der Waals surface area contributed by atoms with Gasteiger partial charge in [-0.1, -0.05) is 6.42 Å². The normalized spacial score (nSPS) is 20.8. The van der Waals surface area contributed by atoms with Crippen LogP contribution in [0.15, 0.2) is 12.1 Å². The van der Waals surface area contributed by atoms with E-state index in [4.69, 9.17) is 16.3 Å². The van der Waals surface area contributed by atoms with E-state index in [1.54, 1.807) is 6.92 Å². The molecule has 132 valence electrons. The first kappa shape index (κ1) is 17.3. The molecule has 2 heterocycles. The first-order valence-electron chi connectivity index (χ1n) is 8.81. The van der Waals surface area contributed by atoms with Gasteiger partial charge in [0.15, 0.2) is 5.82 Å². The Hall–Kier alpha value is -1.56. The van der Waals surface area contributed by atoms with Gasteiger partial charge in [0.1, 0.15) is 11.5 Å². The van der Waals surface area contributed by atoms with E-state index in [2.05, 4.69) is 15.1 Å². The number of carbonyl (C=O) groups is 1. The third-order valence-electron chi connectivity index (χ3n) is 4.72. The highest BCUT2D eigenvalue weighted by molar-refractivity contribution is 6.30. The molecule has 1 saturated carbocycles. The van der Waals surface area contributed by atoms with Gasteiger partial charge < -0.3 is 14.5 Å². The molecule has 3 rings (SSSR count). The van der Waals surface area contributed by atoms with E-state index in [-0.39, 0.29) is 12.0 Å². The van der Waals surface area contributed by atoms with Gasteiger partial charge in [0.05, 0.1) is 0 Å². The molecule has 0 N–H and O–H groups in total. The van der Waals surface area contributed by atoms with E-state index in [0.717, 1.165) is 31.7 Å². The van der Waals surface area contributed by atoms with Crippen molar-refractivity contribution in [3.05, 3.63) is 12.1 Å². The number of ether oxygens (including phenoxy) is 1. The lowest BCUT2D eigenvalue weighted by molar-refractivity contribution is -0.130. The molecule has 1 aromatic rings. The Labute approximate surface area is 148 Å². The predicted octanol–water partition coefficient (Wildman–Crippen LogP) is 2.46. The SMILES string of the molecule is CC(Cl)C(=O)N1CCN(c2ccc(OC3CCCCC3)nn2)CC1. The van der Waals surface area contributed by atoms with E-state index >= 15 is 0 Å². The van der Waals surface area contributed by atoms with Crippen LogP contribution in [-0.2, 0) is 4.79 Å². The minimum Gasteiger partial charge on any atom is -0.473 e. The lowest BCUT2D eigenvalue weighted by Gasteiger charge is -2.35. The zero-order chi connectivity index (χ0) is 16.9. The first-order valence-corrected chi connectivity index (χ1v) is 9.25. The summed E-state index contributed by atoms with van der Waals surface area (Å²) in [5.74, 6) is 1.44. The van der Waals surface area contributed by atoms with E-state index in [1.165, 1.54) is 19.3 Å². The number of carbonyl (C=O) groups excluding carboxylic acids is 1. The average molecular weight is 353 g/mol. The number of rotatable bonds is 4. The Kier molecular flexibility index (Phi) is 5.76. The monoisotopic (exact) mass is 352 g/mol. The molecule has 2 aliphatic rings. The van der Waals surface area contributed by atoms with Gasteiger partial charge in [0.2, 0.25) is 11.8 Å². The van der Waals surface area contributed by atoms with Gasteiger partial charge >= 0.3 is 0 Å². The highest BCUT2D eigenvalue weighted by Gasteiger charge is 2.24. The maximum absolute atomic E-state index is 11.9. The van der Waals surface area contributed by atoms with Crippen molar-refractivity contribution in [2.24, 2.45) is 0 Å². The van der Waals surface area contributed by atoms with Crippen LogP contribution in [-0.4, -0.2) is 58.7 Å². The number of piperazine rings is 1. The summed E-state index contributed by atoms with van der Waals surface area (Å²) in [6.07, 6.45) is 6.28. The van der Waals surface area contributed by atoms with E-state index in [1.807, 2.05) is 17.0 Å². The molecule has 2 fully saturated rings. The van der Waals surface area contributed by atoms with Crippen LogP contribution in [0.25, 0.3) is 0 Å². The van der Waals surface area contributed by atoms with Crippen LogP contribution in [0.3, 0.4) is 0 Å². The maximum Gasteiger partial charge on any atom is 0.240 e. The van der Waals surface area contributed by atoms with Crippen molar-refractivity contribution in [1.82, 2.24) is 15.1 Å². The topological polar surface area (TPSA) is 58.6 Å². The van der Waals surface area contributed by atoms with Gasteiger partial charge in [0.25, 0.3) is 0 Å². The number of aromatic nitrogens is 2. The Bertz CT molecular complexity index is 538. The van der Waals surface area contributed by atoms with Crippen molar-refractivity contribution in [3.63, 3.8) is 0 Å². The Morgan fingerprint density at radius 3 is 2.46 bits per heavy atom. The van der Waals surface area contributed by atoms with Crippen molar-refractivity contribution < 1.29 is 9.53 Å². The van der Waals surface area contributed by atoms with Crippen molar-refractivity contribution in [1.29, 1.82) is 0 Å². The summed E-state index contributed by atoms with van der Waals surface area (Å²) in [4.78, 5) is 15.9. The highest BCUT2D eigenvalue weighted by atomic mass is 35.5. The number of nitrogens with zero attached hydrogens (tertiary/aromatic N) is 4. The minimum atomic E-state index is -0.465. The molecule has 1 unspecified atom stereocenters. The molecular formula is C17H25ClN4O2. The van der Waals surface area contributed by atoms with E-state index < -0.39 is 5.38 Å². The van der Waals surface area contributed by atoms with Gasteiger partial charge in [-0.25, -0.2) is 0 Å². The molecule has 1 saturated heterocycles. The summed E-state index contributed by atoms with van der Waals surface area (Å²) >= 11 is 5.87. The minimum absolute atomic E-state index is 0.00127. The molecule has 1 aliphatic carbocycles. The fraction of sp³-hybridized carbons (Fsp3) is 0.706. The van der Waals surface area contributed by atoms with Crippen LogP contribution in [0.1, 0.15) is 39.0 Å². The molecular weight excluding hydrogens is 328 g/mol. The number of hydrogen-bond donors (Lipinski definition) is 0. The molecule has 1 aromatic heterocycles. The average Bonchev–Trinajstić information content (AvgIpc) is 2.63. The largest absolute Gasteiger partial charge is 0.473 e. The smallest absolute Gasteiger partial charge is 0.240 e. The summed E-state index contributed by atoms with van der Waals surface area (Å²) in [5.41, 5.74) is 0. The summed E-state index contributed by atoms with van der Waals surface area (Å²) in [5, 5.41) is 8.04. The van der Waals surface area contributed by atoms with Crippen LogP contribution >= 0.6 is 11.6 Å². The third kappa shape index (κ3) is 4.29. The molecule has 0 bridgehead atoms. The summed E-state index contributed by atoms with van der Waals surface area (Å²) in [7, 11) is 0. The van der Waals surface area contributed by atoms with Gasteiger partial charge in [-0.05, 0) is 38.7 Å². The Balaban J connectivity index is 1.52. The molecule has 0 radical (unpaired) electrons. The Morgan fingerprint density at radius 2 is 1.88 bits per heavy atom. The number of anilines is 1. The summed E-state index contributed by atoms with van der Waals surface area (Å²) in [6, 6.07) is 3.85. The van der Waals surface area contributed by atoms with Gasteiger partial charge in [0, 0.05) is 32.2 Å². The van der Waals surface area contributed by atoms with E-state index in [9.17, 15) is 4.79 Å². The van der Waals surface area contributed by atoms with E-state index in [0.29, 0.717) is 19.0 Å². The van der Waals surface area contributed by atoms with Gasteiger partial charge in [-0.15, -0.1) is 21.8 Å². The number of hydrogen-bond acceptors (Lipinski definition) is 5. The molecule has 1 atom stereocenters. The van der Waals surface area contributed by atoms with Crippen molar-refractivity contribution in [3.8, 4) is 5.88 Å². The van der Waals surface area contributed by atoms with Crippen LogP contribution in [0, 0.1) is 0 Å². The molecule has 24 heavy (non-hydrogen) atoms. The van der Waals surface area contributed by atoms with Crippen molar-refractivity contribution in [2.75, 3.05) is 31.1 Å². The van der Waals surface area contributed by atoms with Crippen LogP contribution in [0.4, 0.5) is 5.82 Å². The molecule has 1 amide bonds. The molecule has 6 nitrogen and oxygen atoms in total. The maximum atomic E-state index is 11.9. The lowest BCUT2D eigenvalue weighted by atomic mass is 9.98. The standard InChI is InChI=1S/C17H25ClN4O2/c1-13(18)17(23)22-11-9-21(10-12-22)15-7-8-16(20-19-15)24-14-5-3-2-4-6-14/h7-8,13-14H,2-6,9-12H2,1H3. The first-order chi connectivity index (χ1) is 11.6. The van der Waals surface area contributed by atoms with Crippen molar-refractivity contribution in [2.45, 2.75) is 50.5 Å². The fourth-order valence-corrected chi connectivity index (χ4v) is 3.44. The predicted molar refractivity (Wildman–Crippen MR) is 93.6 cm³/mol. The quantitative estimate of drug-likeness (QED) is 0.779. The Morgan fingerprint density at radius 1 is 1.17 bits per heavy atom. The molecule has 7 heteroatoms. The second-order valence-electron chi connectivity index (χ2n) is 6.54. The molecule has 0 spiro atoms. The zero-order valence-electron chi connectivity index (χ0n) is 14.2. The van der Waals surface area contributed by atoms with Crippen molar-refractivity contribution >= 4 is 23.3 Å². The summed E-state index contributed by atoms with van der Waals surface area (Å²) < 4.78 is 5.91. The number of alkyl halides is 1. The van der Waals surface area contributed by atoms with Crippen LogP contribution in [0.5, 0.6) is 5.88 Å². The molecule has 1 aliphatic heterocycles.